The van der Waals surface area contributed by atoms with Crippen LogP contribution in [0.25, 0.3) is 0 Å². The van der Waals surface area contributed by atoms with Gasteiger partial charge in [-0.15, -0.1) is 0 Å². The number of ketones is 1. The molecule has 1 heterocycles. The van der Waals surface area contributed by atoms with Gasteiger partial charge < -0.3 is 9.64 Å². The Morgan fingerprint density at radius 3 is 2.62 bits per heavy atom. The zero-order valence-electron chi connectivity index (χ0n) is 14.3. The largest absolute Gasteiger partial charge is 0.457 e. The SMILES string of the molecule is Cc1c(Cl)cccc1N1C[C@@H](C(=O)OCC(=O)c2ccccc2)CC1=O. The lowest BCUT2D eigenvalue weighted by molar-refractivity contribution is -0.147. The first kappa shape index (κ1) is 18.1. The van der Waals surface area contributed by atoms with Crippen LogP contribution in [0.2, 0.25) is 5.02 Å². The molecule has 1 aliphatic heterocycles. The minimum Gasteiger partial charge on any atom is -0.457 e. The fourth-order valence-corrected chi connectivity index (χ4v) is 3.12. The van der Waals surface area contributed by atoms with Gasteiger partial charge in [0.15, 0.2) is 12.4 Å². The number of carbonyl (C=O) groups is 3. The first-order valence-corrected chi connectivity index (χ1v) is 8.65. The summed E-state index contributed by atoms with van der Waals surface area (Å²) in [6, 6.07) is 13.9. The second kappa shape index (κ2) is 7.70. The van der Waals surface area contributed by atoms with E-state index < -0.39 is 11.9 Å². The van der Waals surface area contributed by atoms with Crippen molar-refractivity contribution >= 4 is 34.9 Å². The number of ether oxygens (including phenoxy) is 1. The van der Waals surface area contributed by atoms with Gasteiger partial charge >= 0.3 is 5.97 Å². The summed E-state index contributed by atoms with van der Waals surface area (Å²) >= 11 is 6.11. The van der Waals surface area contributed by atoms with Gasteiger partial charge in [0.25, 0.3) is 0 Å². The number of rotatable bonds is 5. The molecule has 0 bridgehead atoms. The van der Waals surface area contributed by atoms with E-state index in [0.29, 0.717) is 16.3 Å². The zero-order valence-corrected chi connectivity index (χ0v) is 15.0. The van der Waals surface area contributed by atoms with E-state index in [1.165, 1.54) is 0 Å². The topological polar surface area (TPSA) is 63.7 Å². The third kappa shape index (κ3) is 3.78. The Hall–Kier alpha value is -2.66. The Balaban J connectivity index is 1.62. The Bertz CT molecular complexity index is 850. The van der Waals surface area contributed by atoms with E-state index in [4.69, 9.17) is 16.3 Å². The van der Waals surface area contributed by atoms with Crippen LogP contribution < -0.4 is 4.90 Å². The Kier molecular flexibility index (Phi) is 5.38. The first-order valence-electron chi connectivity index (χ1n) is 8.27. The molecular formula is C20H18ClNO4. The number of hydrogen-bond donors (Lipinski definition) is 0. The van der Waals surface area contributed by atoms with Crippen molar-refractivity contribution in [2.24, 2.45) is 5.92 Å². The van der Waals surface area contributed by atoms with Gasteiger partial charge in [-0.3, -0.25) is 14.4 Å². The highest BCUT2D eigenvalue weighted by Crippen LogP contribution is 2.31. The molecule has 0 aromatic heterocycles. The van der Waals surface area contributed by atoms with Gasteiger partial charge in [0.05, 0.1) is 5.92 Å². The average Bonchev–Trinajstić information content (AvgIpc) is 3.04. The minimum atomic E-state index is -0.593. The van der Waals surface area contributed by atoms with Crippen molar-refractivity contribution in [3.8, 4) is 0 Å². The number of esters is 1. The van der Waals surface area contributed by atoms with Crippen molar-refractivity contribution in [3.63, 3.8) is 0 Å². The predicted molar refractivity (Wildman–Crippen MR) is 98.4 cm³/mol. The molecule has 0 aliphatic carbocycles. The molecule has 0 N–H and O–H groups in total. The second-order valence-corrected chi connectivity index (χ2v) is 6.59. The van der Waals surface area contributed by atoms with Crippen LogP contribution in [0.3, 0.4) is 0 Å². The zero-order chi connectivity index (χ0) is 18.7. The van der Waals surface area contributed by atoms with Gasteiger partial charge in [0, 0.05) is 29.2 Å². The van der Waals surface area contributed by atoms with Crippen molar-refractivity contribution in [2.75, 3.05) is 18.1 Å². The predicted octanol–water partition coefficient (Wildman–Crippen LogP) is 3.43. The molecule has 5 nitrogen and oxygen atoms in total. The van der Waals surface area contributed by atoms with Gasteiger partial charge in [-0.2, -0.15) is 0 Å². The summed E-state index contributed by atoms with van der Waals surface area (Å²) in [5.41, 5.74) is 1.97. The maximum Gasteiger partial charge on any atom is 0.311 e. The van der Waals surface area contributed by atoms with E-state index >= 15 is 0 Å². The third-order valence-corrected chi connectivity index (χ3v) is 4.84. The summed E-state index contributed by atoms with van der Waals surface area (Å²) < 4.78 is 5.14. The molecule has 0 unspecified atom stereocenters. The summed E-state index contributed by atoms with van der Waals surface area (Å²) in [6.07, 6.45) is 0.0598. The molecular weight excluding hydrogens is 354 g/mol. The van der Waals surface area contributed by atoms with Crippen LogP contribution in [-0.4, -0.2) is 30.8 Å². The second-order valence-electron chi connectivity index (χ2n) is 6.19. The number of Topliss-reactive ketones (excluding diaryl/α,β-unsaturated/α-hetero) is 1. The molecule has 1 fully saturated rings. The number of carbonyl (C=O) groups excluding carboxylic acids is 3. The summed E-state index contributed by atoms with van der Waals surface area (Å²) in [7, 11) is 0. The summed E-state index contributed by atoms with van der Waals surface area (Å²) in [6.45, 7) is 1.72. The standard InChI is InChI=1S/C20H18ClNO4/c1-13-16(21)8-5-9-17(13)22-11-15(10-19(22)24)20(25)26-12-18(23)14-6-3-2-4-7-14/h2-9,15H,10-12H2,1H3/t15-/m0/s1. The van der Waals surface area contributed by atoms with E-state index in [1.807, 2.05) is 6.92 Å². The third-order valence-electron chi connectivity index (χ3n) is 4.43. The monoisotopic (exact) mass is 371 g/mol. The molecule has 26 heavy (non-hydrogen) atoms. The Morgan fingerprint density at radius 2 is 1.88 bits per heavy atom. The van der Waals surface area contributed by atoms with Crippen LogP contribution in [0.15, 0.2) is 48.5 Å². The smallest absolute Gasteiger partial charge is 0.311 e. The quantitative estimate of drug-likeness (QED) is 0.596. The van der Waals surface area contributed by atoms with Crippen LogP contribution in [0.4, 0.5) is 5.69 Å². The van der Waals surface area contributed by atoms with E-state index in [1.54, 1.807) is 53.4 Å². The molecule has 0 radical (unpaired) electrons. The van der Waals surface area contributed by atoms with Gasteiger partial charge in [-0.25, -0.2) is 0 Å². The van der Waals surface area contributed by atoms with E-state index in [2.05, 4.69) is 0 Å². The van der Waals surface area contributed by atoms with Crippen LogP contribution in [0, 0.1) is 12.8 Å². The molecule has 1 amide bonds. The number of nitrogens with zero attached hydrogens (tertiary/aromatic N) is 1. The van der Waals surface area contributed by atoms with Crippen LogP contribution >= 0.6 is 11.6 Å². The fraction of sp³-hybridized carbons (Fsp3) is 0.250. The summed E-state index contributed by atoms with van der Waals surface area (Å²) in [5.74, 6) is -1.56. The molecule has 2 aromatic carbocycles. The lowest BCUT2D eigenvalue weighted by Crippen LogP contribution is -2.27. The maximum absolute atomic E-state index is 12.3. The first-order chi connectivity index (χ1) is 12.5. The Labute approximate surface area is 156 Å². The number of amides is 1. The van der Waals surface area contributed by atoms with Crippen LogP contribution in [-0.2, 0) is 14.3 Å². The lowest BCUT2D eigenvalue weighted by Gasteiger charge is -2.19. The molecule has 6 heteroatoms. The molecule has 2 aromatic rings. The normalized spacial score (nSPS) is 16.6. The van der Waals surface area contributed by atoms with Crippen LogP contribution in [0.5, 0.6) is 0 Å². The summed E-state index contributed by atoms with van der Waals surface area (Å²) in [5, 5.41) is 0.565. The molecule has 0 saturated carbocycles. The maximum atomic E-state index is 12.3. The van der Waals surface area contributed by atoms with E-state index in [9.17, 15) is 14.4 Å². The van der Waals surface area contributed by atoms with Gasteiger partial charge in [-0.1, -0.05) is 48.0 Å². The highest BCUT2D eigenvalue weighted by molar-refractivity contribution is 6.31. The van der Waals surface area contributed by atoms with Crippen molar-refractivity contribution in [3.05, 3.63) is 64.7 Å². The Morgan fingerprint density at radius 1 is 1.15 bits per heavy atom. The number of halogens is 1. The van der Waals surface area contributed by atoms with Gasteiger partial charge in [-0.05, 0) is 24.6 Å². The molecule has 1 aliphatic rings. The van der Waals surface area contributed by atoms with Crippen molar-refractivity contribution < 1.29 is 19.1 Å². The van der Waals surface area contributed by atoms with E-state index in [0.717, 1.165) is 5.56 Å². The fourth-order valence-electron chi connectivity index (χ4n) is 2.95. The number of anilines is 1. The van der Waals surface area contributed by atoms with E-state index in [-0.39, 0.29) is 31.3 Å². The molecule has 1 atom stereocenters. The van der Waals surface area contributed by atoms with Crippen molar-refractivity contribution in [2.45, 2.75) is 13.3 Å². The number of benzene rings is 2. The highest BCUT2D eigenvalue weighted by atomic mass is 35.5. The molecule has 3 rings (SSSR count). The van der Waals surface area contributed by atoms with Crippen molar-refractivity contribution in [1.29, 1.82) is 0 Å². The molecule has 134 valence electrons. The van der Waals surface area contributed by atoms with Gasteiger partial charge in [0.2, 0.25) is 5.91 Å². The van der Waals surface area contributed by atoms with Crippen molar-refractivity contribution in [1.82, 2.24) is 0 Å². The average molecular weight is 372 g/mol. The molecule has 1 saturated heterocycles. The highest BCUT2D eigenvalue weighted by Gasteiger charge is 2.37. The minimum absolute atomic E-state index is 0.0598. The number of hydrogen-bond acceptors (Lipinski definition) is 4. The van der Waals surface area contributed by atoms with Crippen LogP contribution in [0.1, 0.15) is 22.3 Å². The lowest BCUT2D eigenvalue weighted by atomic mass is 10.1. The van der Waals surface area contributed by atoms with Gasteiger partial charge in [0.1, 0.15) is 0 Å². The summed E-state index contributed by atoms with van der Waals surface area (Å²) in [4.78, 5) is 38.2. The molecule has 0 spiro atoms.